The molecule has 1 heterocycles. The minimum atomic E-state index is -0.0826. The van der Waals surface area contributed by atoms with E-state index in [2.05, 4.69) is 16.5 Å². The molecule has 1 aromatic heterocycles. The predicted octanol–water partition coefficient (Wildman–Crippen LogP) is 2.37. The van der Waals surface area contributed by atoms with Gasteiger partial charge in [-0.05, 0) is 24.6 Å². The van der Waals surface area contributed by atoms with Crippen LogP contribution in [0.25, 0.3) is 0 Å². The summed E-state index contributed by atoms with van der Waals surface area (Å²) < 4.78 is 13.0. The van der Waals surface area contributed by atoms with Crippen molar-refractivity contribution in [3.63, 3.8) is 0 Å². The van der Waals surface area contributed by atoms with Crippen molar-refractivity contribution in [1.82, 2.24) is 9.55 Å². The fraction of sp³-hybridized carbons (Fsp3) is 0.400. The molecule has 0 fully saturated rings. The molecule has 2 rings (SSSR count). The molecule has 0 aliphatic carbocycles. The minimum Gasteiger partial charge on any atom is -0.497 e. The first-order chi connectivity index (χ1) is 9.78. The van der Waals surface area contributed by atoms with E-state index in [0.717, 1.165) is 18.7 Å². The van der Waals surface area contributed by atoms with Crippen molar-refractivity contribution in [2.24, 2.45) is 0 Å². The monoisotopic (exact) mass is 276 g/mol. The zero-order valence-electron chi connectivity index (χ0n) is 11.9. The molecule has 5 nitrogen and oxygen atoms in total. The number of benzene rings is 1. The van der Waals surface area contributed by atoms with Gasteiger partial charge in [-0.2, -0.15) is 0 Å². The molecule has 2 aromatic rings. The number of methoxy groups -OCH3 is 1. The van der Waals surface area contributed by atoms with E-state index in [9.17, 15) is 5.11 Å². The van der Waals surface area contributed by atoms with Crippen LogP contribution in [-0.4, -0.2) is 21.8 Å². The van der Waals surface area contributed by atoms with Gasteiger partial charge in [0.1, 0.15) is 18.1 Å². The number of hydrogen-bond acceptors (Lipinski definition) is 4. The Balaban J connectivity index is 2.08. The molecule has 0 spiro atoms. The summed E-state index contributed by atoms with van der Waals surface area (Å²) in [5.74, 6) is 1.37. The molecule has 20 heavy (non-hydrogen) atoms. The van der Waals surface area contributed by atoms with Gasteiger partial charge in [-0.1, -0.05) is 6.92 Å². The van der Waals surface area contributed by atoms with Crippen molar-refractivity contribution < 1.29 is 14.6 Å². The second kappa shape index (κ2) is 6.96. The molecule has 0 saturated carbocycles. The van der Waals surface area contributed by atoms with E-state index in [1.807, 2.05) is 18.5 Å². The first-order valence-electron chi connectivity index (χ1n) is 6.68. The van der Waals surface area contributed by atoms with Gasteiger partial charge in [-0.15, -0.1) is 0 Å². The summed E-state index contributed by atoms with van der Waals surface area (Å²) in [6.07, 6.45) is 4.66. The third-order valence-electron chi connectivity index (χ3n) is 3.08. The van der Waals surface area contributed by atoms with Crippen LogP contribution in [0.5, 0.6) is 11.5 Å². The number of aryl methyl sites for hydroxylation is 1. The number of nitrogens with zero attached hydrogens (tertiary/aromatic N) is 2. The van der Waals surface area contributed by atoms with Gasteiger partial charge in [0, 0.05) is 12.1 Å². The first-order valence-corrected chi connectivity index (χ1v) is 6.68. The van der Waals surface area contributed by atoms with E-state index in [4.69, 9.17) is 9.47 Å². The smallest absolute Gasteiger partial charge is 0.130 e. The Morgan fingerprint density at radius 2 is 2.20 bits per heavy atom. The van der Waals surface area contributed by atoms with Crippen LogP contribution in [0, 0.1) is 0 Å². The molecule has 0 saturated heterocycles. The van der Waals surface area contributed by atoms with E-state index in [1.165, 1.54) is 0 Å². The number of hydrogen-bond donors (Lipinski definition) is 1. The van der Waals surface area contributed by atoms with Gasteiger partial charge in [0.25, 0.3) is 0 Å². The summed E-state index contributed by atoms with van der Waals surface area (Å²) in [6, 6.07) is 5.40. The first kappa shape index (κ1) is 14.4. The quantitative estimate of drug-likeness (QED) is 0.843. The van der Waals surface area contributed by atoms with E-state index in [1.54, 1.807) is 19.4 Å². The van der Waals surface area contributed by atoms with Crippen molar-refractivity contribution in [3.8, 4) is 11.5 Å². The zero-order chi connectivity index (χ0) is 14.4. The Hall–Kier alpha value is -2.01. The lowest BCUT2D eigenvalue weighted by Gasteiger charge is -2.12. The fourth-order valence-corrected chi connectivity index (χ4v) is 2.01. The largest absolute Gasteiger partial charge is 0.497 e. The number of ether oxygens (including phenoxy) is 2. The van der Waals surface area contributed by atoms with Crippen molar-refractivity contribution in [2.75, 3.05) is 7.11 Å². The van der Waals surface area contributed by atoms with Crippen LogP contribution in [0.4, 0.5) is 0 Å². The molecular weight excluding hydrogens is 256 g/mol. The highest BCUT2D eigenvalue weighted by molar-refractivity contribution is 5.39. The SMILES string of the molecule is CCCn1cncc1COc1ccc(OC)cc1CO. The lowest BCUT2D eigenvalue weighted by atomic mass is 10.2. The van der Waals surface area contributed by atoms with Crippen molar-refractivity contribution in [2.45, 2.75) is 33.1 Å². The minimum absolute atomic E-state index is 0.0826. The van der Waals surface area contributed by atoms with Gasteiger partial charge in [-0.25, -0.2) is 4.98 Å². The van der Waals surface area contributed by atoms with Crippen molar-refractivity contribution in [3.05, 3.63) is 42.0 Å². The van der Waals surface area contributed by atoms with Gasteiger partial charge in [-0.3, -0.25) is 0 Å². The number of rotatable bonds is 7. The Bertz CT molecular complexity index is 552. The lowest BCUT2D eigenvalue weighted by Crippen LogP contribution is -2.06. The van der Waals surface area contributed by atoms with Crippen LogP contribution in [-0.2, 0) is 19.8 Å². The molecule has 0 unspecified atom stereocenters. The highest BCUT2D eigenvalue weighted by Gasteiger charge is 2.07. The van der Waals surface area contributed by atoms with E-state index in [0.29, 0.717) is 23.7 Å². The normalized spacial score (nSPS) is 10.6. The average Bonchev–Trinajstić information content (AvgIpc) is 2.92. The Morgan fingerprint density at radius 3 is 2.90 bits per heavy atom. The van der Waals surface area contributed by atoms with Crippen LogP contribution in [0.1, 0.15) is 24.6 Å². The van der Waals surface area contributed by atoms with Crippen LogP contribution in [0.3, 0.4) is 0 Å². The van der Waals surface area contributed by atoms with Crippen LogP contribution < -0.4 is 9.47 Å². The number of aliphatic hydroxyl groups is 1. The maximum Gasteiger partial charge on any atom is 0.130 e. The molecule has 0 aliphatic rings. The summed E-state index contributed by atoms with van der Waals surface area (Å²) >= 11 is 0. The second-order valence-electron chi connectivity index (χ2n) is 4.50. The summed E-state index contributed by atoms with van der Waals surface area (Å²) in [5.41, 5.74) is 1.73. The molecule has 108 valence electrons. The number of imidazole rings is 1. The standard InChI is InChI=1S/C15H20N2O3/c1-3-6-17-11-16-8-13(17)10-20-15-5-4-14(19-2)7-12(15)9-18/h4-5,7-8,11,18H,3,6,9-10H2,1-2H3. The molecule has 0 bridgehead atoms. The number of aliphatic hydroxyl groups excluding tert-OH is 1. The Kier molecular flexibility index (Phi) is 5.01. The molecule has 0 aliphatic heterocycles. The third-order valence-corrected chi connectivity index (χ3v) is 3.08. The van der Waals surface area contributed by atoms with Gasteiger partial charge in [0.2, 0.25) is 0 Å². The van der Waals surface area contributed by atoms with Crippen molar-refractivity contribution >= 4 is 0 Å². The average molecular weight is 276 g/mol. The van der Waals surface area contributed by atoms with Crippen LogP contribution >= 0.6 is 0 Å². The molecule has 0 radical (unpaired) electrons. The summed E-state index contributed by atoms with van der Waals surface area (Å²) in [7, 11) is 1.60. The number of aromatic nitrogens is 2. The molecule has 0 amide bonds. The van der Waals surface area contributed by atoms with Gasteiger partial charge in [0.15, 0.2) is 0 Å². The van der Waals surface area contributed by atoms with Gasteiger partial charge in [0.05, 0.1) is 31.9 Å². The maximum absolute atomic E-state index is 9.38. The summed E-state index contributed by atoms with van der Waals surface area (Å²) in [5, 5.41) is 9.38. The molecule has 0 atom stereocenters. The van der Waals surface area contributed by atoms with Crippen molar-refractivity contribution in [1.29, 1.82) is 0 Å². The Morgan fingerprint density at radius 1 is 1.35 bits per heavy atom. The van der Waals surface area contributed by atoms with E-state index in [-0.39, 0.29) is 6.61 Å². The van der Waals surface area contributed by atoms with Crippen LogP contribution in [0.2, 0.25) is 0 Å². The summed E-state index contributed by atoms with van der Waals surface area (Å²) in [6.45, 7) is 3.40. The third kappa shape index (κ3) is 3.30. The maximum atomic E-state index is 9.38. The zero-order valence-corrected chi connectivity index (χ0v) is 11.9. The fourth-order valence-electron chi connectivity index (χ4n) is 2.01. The highest BCUT2D eigenvalue weighted by atomic mass is 16.5. The van der Waals surface area contributed by atoms with Gasteiger partial charge < -0.3 is 19.1 Å². The predicted molar refractivity (Wildman–Crippen MR) is 75.8 cm³/mol. The molecule has 5 heteroatoms. The molecular formula is C15H20N2O3. The molecule has 1 N–H and O–H groups in total. The Labute approximate surface area is 118 Å². The second-order valence-corrected chi connectivity index (χ2v) is 4.50. The molecule has 1 aromatic carbocycles. The van der Waals surface area contributed by atoms with E-state index < -0.39 is 0 Å². The summed E-state index contributed by atoms with van der Waals surface area (Å²) in [4.78, 5) is 4.14. The van der Waals surface area contributed by atoms with Crippen LogP contribution in [0.15, 0.2) is 30.7 Å². The van der Waals surface area contributed by atoms with Gasteiger partial charge >= 0.3 is 0 Å². The topological polar surface area (TPSA) is 56.5 Å². The lowest BCUT2D eigenvalue weighted by molar-refractivity contribution is 0.254. The highest BCUT2D eigenvalue weighted by Crippen LogP contribution is 2.25. The van der Waals surface area contributed by atoms with E-state index >= 15 is 0 Å².